The Kier molecular flexibility index (Phi) is 4.45. The Morgan fingerprint density at radius 3 is 2.20 bits per heavy atom. The lowest BCUT2D eigenvalue weighted by Crippen LogP contribution is -2.28. The maximum atomic E-state index is 12.5. The van der Waals surface area contributed by atoms with Crippen molar-refractivity contribution in [3.8, 4) is 0 Å². The van der Waals surface area contributed by atoms with Crippen LogP contribution in [0.15, 0.2) is 60.4 Å². The van der Waals surface area contributed by atoms with Gasteiger partial charge in [-0.15, -0.1) is 0 Å². The Balaban J connectivity index is 1.78. The molecular formula is C21H21NO3. The third kappa shape index (κ3) is 3.79. The summed E-state index contributed by atoms with van der Waals surface area (Å²) in [6.45, 7) is 6.64. The van der Waals surface area contributed by atoms with Crippen molar-refractivity contribution in [2.75, 3.05) is 0 Å². The van der Waals surface area contributed by atoms with Crippen molar-refractivity contribution in [2.45, 2.75) is 32.7 Å². The van der Waals surface area contributed by atoms with Crippen LogP contribution < -0.4 is 0 Å². The molecule has 0 radical (unpaired) electrons. The van der Waals surface area contributed by atoms with Gasteiger partial charge < -0.3 is 4.74 Å². The van der Waals surface area contributed by atoms with Gasteiger partial charge in [-0.1, -0.05) is 75.4 Å². The fraction of sp³-hybridized carbons (Fsp3) is 0.238. The highest BCUT2D eigenvalue weighted by molar-refractivity contribution is 6.09. The standard InChI is InChI=1S/C21H21NO3/c1-21(2,3)17-11-9-15(10-12-17)13-18-19(23)22(20(24)25-18)14-16-7-5-4-6-8-16/h4-13H,14H2,1-3H3/b18-13-. The highest BCUT2D eigenvalue weighted by atomic mass is 16.6. The molecule has 0 N–H and O–H groups in total. The number of benzene rings is 2. The number of amides is 2. The second kappa shape index (κ2) is 6.55. The maximum absolute atomic E-state index is 12.5. The average molecular weight is 335 g/mol. The molecule has 1 aliphatic heterocycles. The van der Waals surface area contributed by atoms with Crippen LogP contribution in [-0.4, -0.2) is 16.9 Å². The van der Waals surface area contributed by atoms with E-state index in [9.17, 15) is 9.59 Å². The number of rotatable bonds is 3. The second-order valence-electron chi connectivity index (χ2n) is 7.13. The van der Waals surface area contributed by atoms with Crippen molar-refractivity contribution < 1.29 is 14.3 Å². The zero-order chi connectivity index (χ0) is 18.0. The summed E-state index contributed by atoms with van der Waals surface area (Å²) in [6.07, 6.45) is 0.976. The largest absolute Gasteiger partial charge is 0.422 e. The van der Waals surface area contributed by atoms with Gasteiger partial charge in [-0.3, -0.25) is 4.79 Å². The lowest BCUT2D eigenvalue weighted by atomic mass is 9.87. The predicted octanol–water partition coefficient (Wildman–Crippen LogP) is 4.50. The minimum Gasteiger partial charge on any atom is -0.404 e. The van der Waals surface area contributed by atoms with E-state index in [1.807, 2.05) is 54.6 Å². The van der Waals surface area contributed by atoms with Gasteiger partial charge in [0, 0.05) is 0 Å². The molecule has 2 aromatic carbocycles. The van der Waals surface area contributed by atoms with E-state index in [1.54, 1.807) is 6.08 Å². The second-order valence-corrected chi connectivity index (χ2v) is 7.13. The van der Waals surface area contributed by atoms with Crippen molar-refractivity contribution in [2.24, 2.45) is 0 Å². The molecule has 0 unspecified atom stereocenters. The van der Waals surface area contributed by atoms with Crippen LogP contribution in [0.3, 0.4) is 0 Å². The SMILES string of the molecule is CC(C)(C)c1ccc(/C=C2\OC(=O)N(Cc3ccccc3)C2=O)cc1. The van der Waals surface area contributed by atoms with E-state index in [1.165, 1.54) is 5.56 Å². The summed E-state index contributed by atoms with van der Waals surface area (Å²) in [6, 6.07) is 17.3. The van der Waals surface area contributed by atoms with Gasteiger partial charge in [0.05, 0.1) is 6.54 Å². The first-order valence-corrected chi connectivity index (χ1v) is 8.24. The number of imide groups is 1. The summed E-state index contributed by atoms with van der Waals surface area (Å²) in [5.41, 5.74) is 2.97. The predicted molar refractivity (Wildman–Crippen MR) is 96.6 cm³/mol. The first kappa shape index (κ1) is 17.0. The first-order valence-electron chi connectivity index (χ1n) is 8.24. The molecule has 2 amide bonds. The first-order chi connectivity index (χ1) is 11.8. The zero-order valence-electron chi connectivity index (χ0n) is 14.7. The van der Waals surface area contributed by atoms with E-state index in [0.29, 0.717) is 0 Å². The summed E-state index contributed by atoms with van der Waals surface area (Å²) in [4.78, 5) is 25.6. The smallest absolute Gasteiger partial charge is 0.404 e. The molecule has 25 heavy (non-hydrogen) atoms. The molecule has 1 saturated heterocycles. The molecule has 1 fully saturated rings. The Morgan fingerprint density at radius 2 is 1.60 bits per heavy atom. The average Bonchev–Trinajstić information content (AvgIpc) is 2.83. The van der Waals surface area contributed by atoms with Crippen molar-refractivity contribution in [3.05, 3.63) is 77.0 Å². The molecule has 0 aliphatic carbocycles. The fourth-order valence-electron chi connectivity index (χ4n) is 2.63. The molecule has 0 bridgehead atoms. The molecule has 0 spiro atoms. The number of nitrogens with zero attached hydrogens (tertiary/aromatic N) is 1. The third-order valence-electron chi connectivity index (χ3n) is 4.13. The summed E-state index contributed by atoms with van der Waals surface area (Å²) < 4.78 is 5.16. The quantitative estimate of drug-likeness (QED) is 0.776. The molecule has 2 aromatic rings. The van der Waals surface area contributed by atoms with Gasteiger partial charge in [0.2, 0.25) is 0 Å². The zero-order valence-corrected chi connectivity index (χ0v) is 14.7. The Labute approximate surface area is 147 Å². The minimum atomic E-state index is -0.633. The summed E-state index contributed by atoms with van der Waals surface area (Å²) >= 11 is 0. The molecule has 128 valence electrons. The highest BCUT2D eigenvalue weighted by Crippen LogP contribution is 2.25. The summed E-state index contributed by atoms with van der Waals surface area (Å²) in [5.74, 6) is -0.349. The van der Waals surface area contributed by atoms with Crippen LogP contribution in [0.2, 0.25) is 0 Å². The molecule has 0 saturated carbocycles. The van der Waals surface area contributed by atoms with Crippen LogP contribution in [0.4, 0.5) is 4.79 Å². The van der Waals surface area contributed by atoms with Crippen molar-refractivity contribution in [3.63, 3.8) is 0 Å². The van der Waals surface area contributed by atoms with Crippen LogP contribution in [0, 0.1) is 0 Å². The number of carbonyl (C=O) groups is 2. The molecular weight excluding hydrogens is 314 g/mol. The van der Waals surface area contributed by atoms with Crippen LogP contribution >= 0.6 is 0 Å². The summed E-state index contributed by atoms with van der Waals surface area (Å²) in [7, 11) is 0. The minimum absolute atomic E-state index is 0.0597. The molecule has 0 atom stereocenters. The van der Waals surface area contributed by atoms with Crippen molar-refractivity contribution >= 4 is 18.1 Å². The van der Waals surface area contributed by atoms with E-state index in [2.05, 4.69) is 20.8 Å². The highest BCUT2D eigenvalue weighted by Gasteiger charge is 2.36. The van der Waals surface area contributed by atoms with Crippen LogP contribution in [0.25, 0.3) is 6.08 Å². The lowest BCUT2D eigenvalue weighted by molar-refractivity contribution is -0.123. The number of cyclic esters (lactones) is 1. The lowest BCUT2D eigenvalue weighted by Gasteiger charge is -2.18. The van der Waals surface area contributed by atoms with E-state index in [-0.39, 0.29) is 17.7 Å². The Hall–Kier alpha value is -2.88. The van der Waals surface area contributed by atoms with Gasteiger partial charge >= 0.3 is 6.09 Å². The monoisotopic (exact) mass is 335 g/mol. The summed E-state index contributed by atoms with van der Waals surface area (Å²) in [5, 5.41) is 0. The van der Waals surface area contributed by atoms with Gasteiger partial charge in [0.1, 0.15) is 0 Å². The van der Waals surface area contributed by atoms with Crippen LogP contribution in [0.1, 0.15) is 37.5 Å². The van der Waals surface area contributed by atoms with E-state index in [4.69, 9.17) is 4.74 Å². The van der Waals surface area contributed by atoms with E-state index >= 15 is 0 Å². The number of ether oxygens (including phenoxy) is 1. The molecule has 3 rings (SSSR count). The topological polar surface area (TPSA) is 46.6 Å². The van der Waals surface area contributed by atoms with Gasteiger partial charge in [-0.2, -0.15) is 0 Å². The molecule has 4 heteroatoms. The van der Waals surface area contributed by atoms with Gasteiger partial charge in [0.15, 0.2) is 5.76 Å². The Morgan fingerprint density at radius 1 is 0.960 bits per heavy atom. The van der Waals surface area contributed by atoms with Gasteiger partial charge in [0.25, 0.3) is 5.91 Å². The Bertz CT molecular complexity index is 814. The number of carbonyl (C=O) groups excluding carboxylic acids is 2. The number of hydrogen-bond donors (Lipinski definition) is 0. The normalized spacial score (nSPS) is 16.4. The van der Waals surface area contributed by atoms with Crippen LogP contribution in [0.5, 0.6) is 0 Å². The van der Waals surface area contributed by atoms with Crippen molar-refractivity contribution in [1.82, 2.24) is 4.90 Å². The van der Waals surface area contributed by atoms with Crippen LogP contribution in [-0.2, 0) is 21.5 Å². The third-order valence-corrected chi connectivity index (χ3v) is 4.13. The molecule has 4 nitrogen and oxygen atoms in total. The van der Waals surface area contributed by atoms with Crippen molar-refractivity contribution in [1.29, 1.82) is 0 Å². The fourth-order valence-corrected chi connectivity index (χ4v) is 2.63. The molecule has 0 aromatic heterocycles. The van der Waals surface area contributed by atoms with Gasteiger partial charge in [-0.05, 0) is 28.2 Å². The van der Waals surface area contributed by atoms with Gasteiger partial charge in [-0.25, -0.2) is 9.69 Å². The van der Waals surface area contributed by atoms with E-state index < -0.39 is 12.0 Å². The molecule has 1 heterocycles. The van der Waals surface area contributed by atoms with E-state index in [0.717, 1.165) is 16.0 Å². The number of hydrogen-bond acceptors (Lipinski definition) is 3. The molecule has 1 aliphatic rings. The maximum Gasteiger partial charge on any atom is 0.422 e.